The molecule has 1 heterocycles. The Morgan fingerprint density at radius 1 is 0.734 bits per heavy atom. The Kier molecular flexibility index (Phi) is 29.2. The summed E-state index contributed by atoms with van der Waals surface area (Å²) in [4.78, 5) is 4.54. The van der Waals surface area contributed by atoms with Gasteiger partial charge in [-0.15, -0.1) is 6.58 Å². The first-order chi connectivity index (χ1) is 29.9. The van der Waals surface area contributed by atoms with Crippen LogP contribution in [-0.2, 0) is 30.1 Å². The third-order valence-electron chi connectivity index (χ3n) is 13.1. The van der Waals surface area contributed by atoms with Crippen LogP contribution in [0.25, 0.3) is 10.9 Å². The first-order valence-corrected chi connectivity index (χ1v) is 26.9. The molecule has 3 aromatic carbocycles. The Morgan fingerprint density at radius 3 is 1.59 bits per heavy atom. The molecule has 2 nitrogen and oxygen atoms in total. The lowest BCUT2D eigenvalue weighted by atomic mass is 9.79. The van der Waals surface area contributed by atoms with Gasteiger partial charge in [0, 0.05) is 21.6 Å². The lowest BCUT2D eigenvalue weighted by molar-refractivity contribution is 0.198. The standard InChI is InChI=1S/C21H29NO.C16H26.C9H18.C8H8Cl2.C4H10.CH3Br/c1-6-13(2)15-7-8-18-17(11-15)16(9-10-22-18)12-21(4,5)19-14(3)20(19)23;1-8-12-9-13(15(2,3)4)11-14(10-12)16(5,6)7;1-5-8(4)9(6-2)7-3;1-2-6-7(9)4-3-5-8(6)10;1-3-4-2;1-2/h7-11,13-14,19-20,23H,6,12H2,1-5H3;9-11H,8H2,1-7H3;6,8-9H,2,5,7H2,1,3-4H3;3-5H,2H2,1H3;3-4H2,1-2H3;1H3/t13?,14-,19?,20-;;;;;/m1...../s1. The summed E-state index contributed by atoms with van der Waals surface area (Å²) < 4.78 is 0. The molecule has 0 bridgehead atoms. The van der Waals surface area contributed by atoms with E-state index in [9.17, 15) is 5.11 Å². The van der Waals surface area contributed by atoms with Gasteiger partial charge in [0.15, 0.2) is 0 Å². The number of aliphatic hydroxyl groups is 1. The van der Waals surface area contributed by atoms with Gasteiger partial charge in [-0.3, -0.25) is 4.98 Å². The van der Waals surface area contributed by atoms with Crippen LogP contribution < -0.4 is 0 Å². The highest BCUT2D eigenvalue weighted by molar-refractivity contribution is 9.08. The molecule has 1 aliphatic rings. The van der Waals surface area contributed by atoms with Crippen LogP contribution in [0.3, 0.4) is 0 Å². The van der Waals surface area contributed by atoms with Gasteiger partial charge in [-0.25, -0.2) is 0 Å². The van der Waals surface area contributed by atoms with Gasteiger partial charge in [0.2, 0.25) is 0 Å². The van der Waals surface area contributed by atoms with E-state index in [1.807, 2.05) is 37.2 Å². The maximum absolute atomic E-state index is 10.1. The lowest BCUT2D eigenvalue weighted by Crippen LogP contribution is -2.20. The van der Waals surface area contributed by atoms with Crippen LogP contribution in [0.4, 0.5) is 0 Å². The molecule has 362 valence electrons. The summed E-state index contributed by atoms with van der Waals surface area (Å²) in [7, 11) is 0. The van der Waals surface area contributed by atoms with Gasteiger partial charge in [-0.05, 0) is 147 Å². The molecule has 1 aromatic heterocycles. The largest absolute Gasteiger partial charge is 0.393 e. The highest BCUT2D eigenvalue weighted by Crippen LogP contribution is 2.52. The van der Waals surface area contributed by atoms with Crippen molar-refractivity contribution in [1.29, 1.82) is 0 Å². The number of aromatic nitrogens is 1. The normalized spacial score (nSPS) is 16.9. The second-order valence-corrected chi connectivity index (χ2v) is 21.4. The van der Waals surface area contributed by atoms with Crippen LogP contribution in [0, 0.1) is 29.1 Å². The highest BCUT2D eigenvalue weighted by atomic mass is 79.9. The quantitative estimate of drug-likeness (QED) is 0.113. The highest BCUT2D eigenvalue weighted by Gasteiger charge is 2.53. The number of halogens is 3. The molecule has 4 aromatic rings. The molecule has 64 heavy (non-hydrogen) atoms. The lowest BCUT2D eigenvalue weighted by Gasteiger charge is -2.26. The molecule has 0 amide bonds. The zero-order valence-electron chi connectivity index (χ0n) is 44.3. The van der Waals surface area contributed by atoms with Gasteiger partial charge < -0.3 is 5.11 Å². The van der Waals surface area contributed by atoms with E-state index in [1.165, 1.54) is 58.9 Å². The number of aryl methyl sites for hydroxylation is 1. The van der Waals surface area contributed by atoms with E-state index in [1.54, 1.807) is 0 Å². The summed E-state index contributed by atoms with van der Waals surface area (Å²) in [5, 5.41) is 12.9. The fraction of sp³-hybridized carbons (Fsp3) is 0.610. The van der Waals surface area contributed by atoms with Gasteiger partial charge in [0.05, 0.1) is 11.6 Å². The molecule has 0 aliphatic heterocycles. The molecular formula is C59H94BrCl2NO. The molecule has 0 saturated heterocycles. The molecule has 1 saturated carbocycles. The number of rotatable bonds is 12. The number of benzene rings is 3. The van der Waals surface area contributed by atoms with Gasteiger partial charge in [-0.2, -0.15) is 0 Å². The number of alkyl halides is 1. The van der Waals surface area contributed by atoms with Crippen molar-refractivity contribution in [2.45, 2.75) is 199 Å². The molecule has 5 rings (SSSR count). The number of nitrogens with zero attached hydrogens (tertiary/aromatic N) is 1. The average molecular weight is 984 g/mol. The molecule has 0 radical (unpaired) electrons. The number of fused-ring (bicyclic) bond motifs is 1. The molecule has 6 atom stereocenters. The number of pyridine rings is 1. The van der Waals surface area contributed by atoms with Crippen molar-refractivity contribution in [3.63, 3.8) is 0 Å². The molecule has 0 spiro atoms. The summed E-state index contributed by atoms with van der Waals surface area (Å²) >= 11 is 14.6. The van der Waals surface area contributed by atoms with E-state index >= 15 is 0 Å². The Morgan fingerprint density at radius 2 is 1.25 bits per heavy atom. The van der Waals surface area contributed by atoms with Crippen LogP contribution in [0.15, 0.2) is 79.5 Å². The van der Waals surface area contributed by atoms with Crippen molar-refractivity contribution in [3.05, 3.63) is 123 Å². The fourth-order valence-electron chi connectivity index (χ4n) is 7.88. The van der Waals surface area contributed by atoms with E-state index in [0.717, 1.165) is 58.6 Å². The second-order valence-electron chi connectivity index (χ2n) is 20.6. The van der Waals surface area contributed by atoms with Crippen molar-refractivity contribution in [2.75, 3.05) is 5.83 Å². The van der Waals surface area contributed by atoms with Crippen molar-refractivity contribution in [1.82, 2.24) is 4.98 Å². The summed E-state index contributed by atoms with van der Waals surface area (Å²) in [5.74, 6) is 4.76. The average Bonchev–Trinajstić information content (AvgIpc) is 3.89. The minimum atomic E-state index is -0.131. The molecule has 1 N–H and O–H groups in total. The summed E-state index contributed by atoms with van der Waals surface area (Å²) in [6, 6.07) is 21.5. The number of hydrogen-bond donors (Lipinski definition) is 1. The topological polar surface area (TPSA) is 33.1 Å². The number of hydrogen-bond acceptors (Lipinski definition) is 2. The van der Waals surface area contributed by atoms with Crippen molar-refractivity contribution >= 4 is 50.0 Å². The SMILES string of the molecule is C=CC(CC)C(C)CC.CBr.CCC(C)c1ccc2nccc(CC(C)(C)C3[C@@H](C)[C@H]3O)c2c1.CCCC.CCc1c(Cl)cccc1Cl.CCc1cc(C(C)(C)C)cc(C(C)(C)C)c1. The zero-order valence-corrected chi connectivity index (χ0v) is 47.4. The van der Waals surface area contributed by atoms with Crippen molar-refractivity contribution in [2.24, 2.45) is 29.1 Å². The minimum Gasteiger partial charge on any atom is -0.393 e. The van der Waals surface area contributed by atoms with Crippen LogP contribution in [0.5, 0.6) is 0 Å². The van der Waals surface area contributed by atoms with Crippen molar-refractivity contribution in [3.8, 4) is 0 Å². The van der Waals surface area contributed by atoms with E-state index in [4.69, 9.17) is 23.2 Å². The van der Waals surface area contributed by atoms with E-state index in [2.05, 4.69) is 194 Å². The van der Waals surface area contributed by atoms with Gasteiger partial charge in [-0.1, -0.05) is 219 Å². The molecule has 1 fully saturated rings. The number of allylic oxidation sites excluding steroid dienone is 1. The predicted molar refractivity (Wildman–Crippen MR) is 295 cm³/mol. The van der Waals surface area contributed by atoms with Crippen molar-refractivity contribution < 1.29 is 5.11 Å². The van der Waals surface area contributed by atoms with Crippen LogP contribution in [-0.4, -0.2) is 22.0 Å². The Hall–Kier alpha value is -2.17. The first kappa shape index (κ1) is 61.8. The molecule has 1 aliphatic carbocycles. The number of aliphatic hydroxyl groups excluding tert-OH is 1. The maximum Gasteiger partial charge on any atom is 0.0704 e. The van der Waals surface area contributed by atoms with E-state index in [-0.39, 0.29) is 22.3 Å². The van der Waals surface area contributed by atoms with Crippen LogP contribution >= 0.6 is 39.1 Å². The molecule has 5 heteroatoms. The smallest absolute Gasteiger partial charge is 0.0704 e. The Balaban J connectivity index is 0.000000844. The second kappa shape index (κ2) is 30.3. The Bertz CT molecular complexity index is 1840. The summed E-state index contributed by atoms with van der Waals surface area (Å²) in [6.07, 6.45) is 13.2. The predicted octanol–water partition coefficient (Wildman–Crippen LogP) is 19.4. The third-order valence-corrected chi connectivity index (χ3v) is 13.8. The first-order valence-electron chi connectivity index (χ1n) is 24.6. The minimum absolute atomic E-state index is 0.111. The maximum atomic E-state index is 10.1. The number of unbranched alkanes of at least 4 members (excludes halogenated alkanes) is 1. The van der Waals surface area contributed by atoms with Gasteiger partial charge >= 0.3 is 0 Å². The van der Waals surface area contributed by atoms with Crippen LogP contribution in [0.2, 0.25) is 10.0 Å². The summed E-state index contributed by atoms with van der Waals surface area (Å²) in [5.41, 5.74) is 9.82. The zero-order chi connectivity index (χ0) is 49.6. The van der Waals surface area contributed by atoms with Gasteiger partial charge in [0.1, 0.15) is 0 Å². The Labute approximate surface area is 414 Å². The summed E-state index contributed by atoms with van der Waals surface area (Å²) in [6.45, 7) is 44.1. The monoisotopic (exact) mass is 982 g/mol. The van der Waals surface area contributed by atoms with E-state index in [0.29, 0.717) is 17.8 Å². The fourth-order valence-corrected chi connectivity index (χ4v) is 8.54. The van der Waals surface area contributed by atoms with Gasteiger partial charge in [0.25, 0.3) is 0 Å². The molecule has 4 unspecified atom stereocenters. The molecular weight excluding hydrogens is 889 g/mol. The van der Waals surface area contributed by atoms with Crippen LogP contribution in [0.1, 0.15) is 196 Å². The third kappa shape index (κ3) is 20.4. The van der Waals surface area contributed by atoms with E-state index < -0.39 is 0 Å².